The molecular weight excluding hydrogens is 432 g/mol. The Hall–Kier alpha value is -3.24. The Morgan fingerprint density at radius 1 is 1.03 bits per heavy atom. The van der Waals surface area contributed by atoms with E-state index in [9.17, 15) is 9.90 Å². The van der Waals surface area contributed by atoms with Gasteiger partial charge in [0.15, 0.2) is 0 Å². The van der Waals surface area contributed by atoms with Crippen molar-refractivity contribution in [2.24, 2.45) is 5.92 Å². The largest absolute Gasteiger partial charge is 0.508 e. The van der Waals surface area contributed by atoms with Crippen LogP contribution >= 0.6 is 11.6 Å². The number of aliphatic hydroxyl groups excluding tert-OH is 1. The molecule has 0 unspecified atom stereocenters. The van der Waals surface area contributed by atoms with E-state index >= 15 is 0 Å². The minimum absolute atomic E-state index is 0.0745. The van der Waals surface area contributed by atoms with E-state index < -0.39 is 0 Å². The van der Waals surface area contributed by atoms with Gasteiger partial charge in [-0.15, -0.1) is 0 Å². The number of aromatic nitrogens is 2. The topological polar surface area (TPSA) is 58.0 Å². The van der Waals surface area contributed by atoms with Crippen molar-refractivity contribution < 1.29 is 5.11 Å². The van der Waals surface area contributed by atoms with Crippen molar-refractivity contribution in [3.63, 3.8) is 0 Å². The van der Waals surface area contributed by atoms with Crippen LogP contribution in [0.25, 0.3) is 38.9 Å². The molecule has 0 saturated heterocycles. The molecule has 4 nitrogen and oxygen atoms in total. The van der Waals surface area contributed by atoms with E-state index in [4.69, 9.17) is 11.6 Å². The normalized spacial score (nSPS) is 14.6. The average Bonchev–Trinajstić information content (AvgIpc) is 3.19. The second-order valence-electron chi connectivity index (χ2n) is 9.02. The minimum atomic E-state index is -0.279. The lowest BCUT2D eigenvalue weighted by Crippen LogP contribution is -2.13. The van der Waals surface area contributed by atoms with E-state index in [2.05, 4.69) is 40.5 Å². The second kappa shape index (κ2) is 8.95. The Balaban J connectivity index is 1.62. The van der Waals surface area contributed by atoms with Gasteiger partial charge in [-0.05, 0) is 47.6 Å². The van der Waals surface area contributed by atoms with Crippen molar-refractivity contribution in [3.8, 4) is 22.3 Å². The van der Waals surface area contributed by atoms with Gasteiger partial charge in [-0.2, -0.15) is 0 Å². The van der Waals surface area contributed by atoms with Gasteiger partial charge < -0.3 is 14.7 Å². The lowest BCUT2D eigenvalue weighted by Gasteiger charge is -2.22. The summed E-state index contributed by atoms with van der Waals surface area (Å²) < 4.78 is 2.39. The summed E-state index contributed by atoms with van der Waals surface area (Å²) in [5.41, 5.74) is 5.79. The number of benzene rings is 2. The summed E-state index contributed by atoms with van der Waals surface area (Å²) in [7, 11) is 0. The van der Waals surface area contributed by atoms with Gasteiger partial charge in [0.25, 0.3) is 5.56 Å². The number of aliphatic hydroxyl groups is 1. The predicted octanol–water partition coefficient (Wildman–Crippen LogP) is 7.43. The monoisotopic (exact) mass is 458 g/mol. The third-order valence-electron chi connectivity index (χ3n) is 6.78. The maximum atomic E-state index is 11.7. The molecule has 0 amide bonds. The number of nitrogens with one attached hydrogen (secondary N) is 1. The van der Waals surface area contributed by atoms with Crippen LogP contribution in [0.2, 0.25) is 5.02 Å². The quantitative estimate of drug-likeness (QED) is 0.305. The molecule has 5 rings (SSSR count). The highest BCUT2D eigenvalue weighted by Gasteiger charge is 2.18. The van der Waals surface area contributed by atoms with Crippen LogP contribution in [0.5, 0.6) is 0 Å². The zero-order valence-electron chi connectivity index (χ0n) is 18.5. The fourth-order valence-electron chi connectivity index (χ4n) is 4.97. The number of fused-ring (bicyclic) bond motifs is 1. The first kappa shape index (κ1) is 21.6. The van der Waals surface area contributed by atoms with Gasteiger partial charge in [0.2, 0.25) is 0 Å². The van der Waals surface area contributed by atoms with Gasteiger partial charge >= 0.3 is 0 Å². The van der Waals surface area contributed by atoms with E-state index in [1.54, 1.807) is 12.3 Å². The molecule has 5 heteroatoms. The maximum absolute atomic E-state index is 11.7. The zero-order chi connectivity index (χ0) is 22.9. The molecule has 1 aliphatic rings. The van der Waals surface area contributed by atoms with E-state index in [0.29, 0.717) is 5.92 Å². The van der Waals surface area contributed by atoms with Crippen LogP contribution in [0.3, 0.4) is 0 Å². The summed E-state index contributed by atoms with van der Waals surface area (Å²) >= 11 is 6.09. The van der Waals surface area contributed by atoms with Gasteiger partial charge in [0, 0.05) is 41.0 Å². The molecule has 0 bridgehead atoms. The van der Waals surface area contributed by atoms with Crippen LogP contribution in [0.15, 0.2) is 72.3 Å². The first-order valence-electron chi connectivity index (χ1n) is 11.5. The highest BCUT2D eigenvalue weighted by molar-refractivity contribution is 6.30. The number of rotatable bonds is 5. The lowest BCUT2D eigenvalue weighted by atomic mass is 9.89. The van der Waals surface area contributed by atoms with Crippen molar-refractivity contribution in [2.45, 2.75) is 38.6 Å². The number of halogens is 1. The van der Waals surface area contributed by atoms with Gasteiger partial charge in [-0.1, -0.05) is 73.8 Å². The van der Waals surface area contributed by atoms with Crippen molar-refractivity contribution in [1.82, 2.24) is 9.55 Å². The average molecular weight is 459 g/mol. The smallest absolute Gasteiger partial charge is 0.266 e. The highest BCUT2D eigenvalue weighted by atomic mass is 35.5. The van der Waals surface area contributed by atoms with Gasteiger partial charge in [-0.25, -0.2) is 0 Å². The van der Waals surface area contributed by atoms with Crippen molar-refractivity contribution in [2.75, 3.05) is 0 Å². The third-order valence-corrected chi connectivity index (χ3v) is 7.06. The fraction of sp³-hybridized carbons (Fsp3) is 0.250. The Morgan fingerprint density at radius 2 is 1.76 bits per heavy atom. The van der Waals surface area contributed by atoms with Gasteiger partial charge in [0.05, 0.1) is 0 Å². The van der Waals surface area contributed by atoms with Crippen LogP contribution in [-0.2, 0) is 6.54 Å². The van der Waals surface area contributed by atoms with Gasteiger partial charge in [0.1, 0.15) is 10.8 Å². The number of H-pyrrole nitrogens is 1. The van der Waals surface area contributed by atoms with Crippen molar-refractivity contribution in [1.29, 1.82) is 0 Å². The molecule has 0 spiro atoms. The van der Waals surface area contributed by atoms with E-state index in [1.807, 2.05) is 24.3 Å². The highest BCUT2D eigenvalue weighted by Crippen LogP contribution is 2.36. The molecule has 0 radical (unpaired) electrons. The van der Waals surface area contributed by atoms with Crippen molar-refractivity contribution in [3.05, 3.63) is 88.4 Å². The van der Waals surface area contributed by atoms with Crippen LogP contribution < -0.4 is 5.56 Å². The molecule has 0 atom stereocenters. The Labute approximate surface area is 198 Å². The van der Waals surface area contributed by atoms with Crippen LogP contribution in [0.4, 0.5) is 0 Å². The third kappa shape index (κ3) is 4.36. The molecule has 1 aliphatic carbocycles. The molecule has 168 valence electrons. The molecule has 0 aliphatic heterocycles. The lowest BCUT2D eigenvalue weighted by molar-refractivity contribution is 0.323. The van der Waals surface area contributed by atoms with Crippen LogP contribution in [0, 0.1) is 5.92 Å². The summed E-state index contributed by atoms with van der Waals surface area (Å²) in [4.78, 5) is 14.4. The maximum Gasteiger partial charge on any atom is 0.266 e. The fourth-order valence-corrected chi connectivity index (χ4v) is 5.14. The Morgan fingerprint density at radius 3 is 2.45 bits per heavy atom. The zero-order valence-corrected chi connectivity index (χ0v) is 19.2. The number of aromatic amines is 1. The first-order chi connectivity index (χ1) is 16.0. The van der Waals surface area contributed by atoms with E-state index in [0.717, 1.165) is 28.8 Å². The molecular formula is C28H27ClN2O2. The van der Waals surface area contributed by atoms with Crippen LogP contribution in [0.1, 0.15) is 37.7 Å². The summed E-state index contributed by atoms with van der Waals surface area (Å²) in [6, 6.07) is 16.0. The Kier molecular flexibility index (Phi) is 5.86. The molecule has 2 aromatic heterocycles. The molecule has 33 heavy (non-hydrogen) atoms. The first-order valence-corrected chi connectivity index (χ1v) is 11.9. The Bertz CT molecular complexity index is 1380. The molecule has 2 N–H and O–H groups in total. The SMILES string of the molecule is C=C(O)c1ccc(-c2cn(CC3CCCCC3)c3cc(-c4c[nH]c(=O)c(Cl)c4)ccc23)cc1. The molecule has 2 aromatic carbocycles. The standard InChI is InChI=1S/C28H27ClN2O2/c1-18(32)20-7-9-21(10-8-20)25-17-31(16-19-5-3-2-4-6-19)27-14-22(11-12-24(25)27)23-13-26(29)28(33)30-15-23/h7-15,17,19,32H,1-6,16H2,(H,30,33). The van der Waals surface area contributed by atoms with Gasteiger partial charge in [-0.3, -0.25) is 4.79 Å². The number of nitrogens with zero attached hydrogens (tertiary/aromatic N) is 1. The summed E-state index contributed by atoms with van der Waals surface area (Å²) in [5, 5.41) is 11.1. The van der Waals surface area contributed by atoms with E-state index in [-0.39, 0.29) is 16.3 Å². The number of pyridine rings is 1. The minimum Gasteiger partial charge on any atom is -0.508 e. The van der Waals surface area contributed by atoms with Crippen molar-refractivity contribution >= 4 is 28.3 Å². The summed E-state index contributed by atoms with van der Waals surface area (Å²) in [6.07, 6.45) is 10.5. The predicted molar refractivity (Wildman–Crippen MR) is 137 cm³/mol. The number of hydrogen-bond donors (Lipinski definition) is 2. The van der Waals surface area contributed by atoms with E-state index in [1.165, 1.54) is 48.6 Å². The number of hydrogen-bond acceptors (Lipinski definition) is 2. The molecule has 1 fully saturated rings. The summed E-state index contributed by atoms with van der Waals surface area (Å²) in [5.74, 6) is 0.763. The molecule has 2 heterocycles. The van der Waals surface area contributed by atoms with Crippen LogP contribution in [-0.4, -0.2) is 14.7 Å². The second-order valence-corrected chi connectivity index (χ2v) is 9.43. The molecule has 4 aromatic rings. The molecule has 1 saturated carbocycles. The summed E-state index contributed by atoms with van der Waals surface area (Å²) in [6.45, 7) is 4.61.